The first-order valence-corrected chi connectivity index (χ1v) is 13.1. The van der Waals surface area contributed by atoms with Crippen molar-refractivity contribution in [1.82, 2.24) is 9.88 Å². The molecular formula is C31H30N4O6. The lowest BCUT2D eigenvalue weighted by Gasteiger charge is -2.18. The minimum Gasteiger partial charge on any atom is -0.493 e. The number of anilines is 2. The number of ether oxygens (including phenoxy) is 5. The molecule has 1 aliphatic heterocycles. The van der Waals surface area contributed by atoms with Crippen LogP contribution in [0.3, 0.4) is 0 Å². The maximum atomic E-state index is 12.1. The third kappa shape index (κ3) is 5.89. The van der Waals surface area contributed by atoms with Gasteiger partial charge in [-0.3, -0.25) is 4.98 Å². The van der Waals surface area contributed by atoms with E-state index < -0.39 is 6.10 Å². The second kappa shape index (κ2) is 11.9. The summed E-state index contributed by atoms with van der Waals surface area (Å²) in [5.41, 5.74) is 2.30. The molecule has 0 radical (unpaired) electrons. The lowest BCUT2D eigenvalue weighted by atomic mass is 10.1. The fraction of sp³-hybridized carbons (Fsp3) is 0.258. The summed E-state index contributed by atoms with van der Waals surface area (Å²) in [6, 6.07) is 20.6. The highest BCUT2D eigenvalue weighted by Gasteiger charge is 2.33. The first-order chi connectivity index (χ1) is 19.9. The number of nitrogens with zero attached hydrogens (tertiary/aromatic N) is 3. The summed E-state index contributed by atoms with van der Waals surface area (Å²) in [4.78, 5) is 18.2. The Balaban J connectivity index is 1.37. The van der Waals surface area contributed by atoms with Gasteiger partial charge in [0.2, 0.25) is 0 Å². The second-order valence-electron chi connectivity index (χ2n) is 9.64. The van der Waals surface area contributed by atoms with Gasteiger partial charge in [0.05, 0.1) is 37.5 Å². The van der Waals surface area contributed by atoms with Crippen molar-refractivity contribution in [3.63, 3.8) is 0 Å². The molecule has 1 amide bonds. The molecule has 0 bridgehead atoms. The quantitative estimate of drug-likeness (QED) is 0.242. The molecule has 41 heavy (non-hydrogen) atoms. The normalized spacial score (nSPS) is 14.5. The van der Waals surface area contributed by atoms with Crippen molar-refractivity contribution in [2.75, 3.05) is 32.7 Å². The SMILES string of the molecule is COc1cc2c(Nc3ccc(Oc4ccccc4OC)cc3)c(C#N)cnc2cc1OCC1CN(C(C)C)C(=O)O1. The topological polar surface area (TPSA) is 115 Å². The summed E-state index contributed by atoms with van der Waals surface area (Å²) in [5.74, 6) is 2.79. The van der Waals surface area contributed by atoms with E-state index in [0.717, 1.165) is 5.69 Å². The van der Waals surface area contributed by atoms with Gasteiger partial charge in [-0.05, 0) is 56.3 Å². The van der Waals surface area contributed by atoms with Crippen LogP contribution in [0, 0.1) is 11.3 Å². The van der Waals surface area contributed by atoms with Crippen LogP contribution in [0.2, 0.25) is 0 Å². The van der Waals surface area contributed by atoms with Crippen molar-refractivity contribution < 1.29 is 28.5 Å². The number of nitrogens with one attached hydrogen (secondary N) is 1. The standard InChI is InChI=1S/C31H30N4O6/c1-19(2)35-17-23(41-31(35)36)18-39-29-14-25-24(13-28(29)38-4)30(20(15-32)16-33-25)34-21-9-11-22(12-10-21)40-27-8-6-5-7-26(27)37-3/h5-14,16,19,23H,17-18H2,1-4H3,(H,33,34). The zero-order chi connectivity index (χ0) is 28.9. The Hall–Kier alpha value is -5.17. The maximum absolute atomic E-state index is 12.1. The van der Waals surface area contributed by atoms with Crippen molar-refractivity contribution in [3.05, 3.63) is 72.4 Å². The first kappa shape index (κ1) is 27.4. The molecule has 1 saturated heterocycles. The molecule has 1 aromatic heterocycles. The minimum atomic E-state index is -0.397. The van der Waals surface area contributed by atoms with E-state index in [0.29, 0.717) is 57.4 Å². The molecule has 0 saturated carbocycles. The molecule has 1 fully saturated rings. The van der Waals surface area contributed by atoms with E-state index >= 15 is 0 Å². The molecule has 0 aliphatic carbocycles. The van der Waals surface area contributed by atoms with Gasteiger partial charge in [-0.25, -0.2) is 4.79 Å². The fourth-order valence-electron chi connectivity index (χ4n) is 4.51. The number of rotatable bonds is 10. The number of cyclic esters (lactones) is 1. The van der Waals surface area contributed by atoms with Gasteiger partial charge in [0.1, 0.15) is 18.4 Å². The van der Waals surface area contributed by atoms with Crippen molar-refractivity contribution >= 4 is 28.4 Å². The summed E-state index contributed by atoms with van der Waals surface area (Å²) >= 11 is 0. The van der Waals surface area contributed by atoms with Gasteiger partial charge < -0.3 is 33.9 Å². The van der Waals surface area contributed by atoms with Crippen molar-refractivity contribution in [1.29, 1.82) is 5.26 Å². The number of fused-ring (bicyclic) bond motifs is 1. The van der Waals surface area contributed by atoms with E-state index in [1.807, 2.05) is 62.4 Å². The Bertz CT molecular complexity index is 1600. The molecule has 1 unspecified atom stereocenters. The summed E-state index contributed by atoms with van der Waals surface area (Å²) in [5, 5.41) is 13.8. The number of hydrogen-bond acceptors (Lipinski definition) is 9. The second-order valence-corrected chi connectivity index (χ2v) is 9.64. The van der Waals surface area contributed by atoms with E-state index in [-0.39, 0.29) is 18.7 Å². The molecule has 3 aromatic carbocycles. The number of aromatic nitrogens is 1. The van der Waals surface area contributed by atoms with Crippen molar-refractivity contribution in [3.8, 4) is 34.8 Å². The molecule has 4 aromatic rings. The average molecular weight is 555 g/mol. The molecule has 1 aliphatic rings. The molecule has 10 heteroatoms. The molecule has 2 heterocycles. The molecule has 5 rings (SSSR count). The molecule has 210 valence electrons. The zero-order valence-corrected chi connectivity index (χ0v) is 23.2. The number of methoxy groups -OCH3 is 2. The fourth-order valence-corrected chi connectivity index (χ4v) is 4.51. The maximum Gasteiger partial charge on any atom is 0.410 e. The number of hydrogen-bond donors (Lipinski definition) is 1. The minimum absolute atomic E-state index is 0.0447. The van der Waals surface area contributed by atoms with Crippen LogP contribution in [-0.4, -0.2) is 55.5 Å². The summed E-state index contributed by atoms with van der Waals surface area (Å²) < 4.78 is 28.4. The van der Waals surface area contributed by atoms with Crippen molar-refractivity contribution in [2.24, 2.45) is 0 Å². The smallest absolute Gasteiger partial charge is 0.410 e. The van der Waals surface area contributed by atoms with Crippen LogP contribution in [0.4, 0.5) is 16.2 Å². The predicted molar refractivity (Wildman–Crippen MR) is 153 cm³/mol. The summed E-state index contributed by atoms with van der Waals surface area (Å²) in [7, 11) is 3.14. The van der Waals surface area contributed by atoms with E-state index in [1.165, 1.54) is 6.20 Å². The van der Waals surface area contributed by atoms with Crippen LogP contribution >= 0.6 is 0 Å². The van der Waals surface area contributed by atoms with Gasteiger partial charge in [-0.1, -0.05) is 12.1 Å². The van der Waals surface area contributed by atoms with Crippen LogP contribution in [0.5, 0.6) is 28.7 Å². The lowest BCUT2D eigenvalue weighted by Crippen LogP contribution is -2.32. The van der Waals surface area contributed by atoms with Crippen LogP contribution in [0.25, 0.3) is 10.9 Å². The van der Waals surface area contributed by atoms with Crippen LogP contribution in [0.1, 0.15) is 19.4 Å². The number of pyridine rings is 1. The van der Waals surface area contributed by atoms with E-state index in [1.54, 1.807) is 31.3 Å². The average Bonchev–Trinajstić information content (AvgIpc) is 3.37. The van der Waals surface area contributed by atoms with Gasteiger partial charge in [0.25, 0.3) is 0 Å². The number of nitriles is 1. The monoisotopic (exact) mass is 554 g/mol. The Kier molecular flexibility index (Phi) is 7.97. The van der Waals surface area contributed by atoms with Crippen LogP contribution in [-0.2, 0) is 4.74 Å². The highest BCUT2D eigenvalue weighted by molar-refractivity contribution is 5.97. The number of carbonyl (C=O) groups excluding carboxylic acids is 1. The van der Waals surface area contributed by atoms with Crippen LogP contribution < -0.4 is 24.3 Å². The highest BCUT2D eigenvalue weighted by atomic mass is 16.6. The number of amides is 1. The predicted octanol–water partition coefficient (Wildman–Crippen LogP) is 6.27. The van der Waals surface area contributed by atoms with Crippen LogP contribution in [0.15, 0.2) is 66.9 Å². The summed E-state index contributed by atoms with van der Waals surface area (Å²) in [6.45, 7) is 4.50. The van der Waals surface area contributed by atoms with Gasteiger partial charge in [0.15, 0.2) is 29.1 Å². The van der Waals surface area contributed by atoms with Gasteiger partial charge in [0, 0.05) is 29.4 Å². The highest BCUT2D eigenvalue weighted by Crippen LogP contribution is 2.38. The Morgan fingerprint density at radius 3 is 2.44 bits per heavy atom. The van der Waals surface area contributed by atoms with Crippen molar-refractivity contribution in [2.45, 2.75) is 26.0 Å². The third-order valence-electron chi connectivity index (χ3n) is 6.64. The summed E-state index contributed by atoms with van der Waals surface area (Å²) in [6.07, 6.45) is 0.769. The first-order valence-electron chi connectivity index (χ1n) is 13.1. The molecular weight excluding hydrogens is 524 g/mol. The number of carbonyl (C=O) groups is 1. The van der Waals surface area contributed by atoms with E-state index in [4.69, 9.17) is 23.7 Å². The largest absolute Gasteiger partial charge is 0.493 e. The molecule has 10 nitrogen and oxygen atoms in total. The molecule has 0 spiro atoms. The third-order valence-corrected chi connectivity index (χ3v) is 6.64. The lowest BCUT2D eigenvalue weighted by molar-refractivity contribution is 0.101. The number of benzene rings is 3. The van der Waals surface area contributed by atoms with E-state index in [2.05, 4.69) is 16.4 Å². The van der Waals surface area contributed by atoms with E-state index in [9.17, 15) is 10.1 Å². The van der Waals surface area contributed by atoms with Gasteiger partial charge in [-0.2, -0.15) is 5.26 Å². The number of para-hydroxylation sites is 2. The Labute approximate surface area is 238 Å². The molecule has 1 atom stereocenters. The van der Waals surface area contributed by atoms with Gasteiger partial charge >= 0.3 is 6.09 Å². The Morgan fingerprint density at radius 1 is 1.05 bits per heavy atom. The zero-order valence-electron chi connectivity index (χ0n) is 23.2. The van der Waals surface area contributed by atoms with Gasteiger partial charge in [-0.15, -0.1) is 0 Å². The Morgan fingerprint density at radius 2 is 1.78 bits per heavy atom. The molecule has 1 N–H and O–H groups in total.